The molecule has 2 N–H and O–H groups in total. The smallest absolute Gasteiger partial charge is 0.273 e. The van der Waals surface area contributed by atoms with Crippen LogP contribution in [0.5, 0.6) is 0 Å². The van der Waals surface area contributed by atoms with Crippen LogP contribution in [0.2, 0.25) is 0 Å². The molecule has 0 unspecified atom stereocenters. The highest BCUT2D eigenvalue weighted by Gasteiger charge is 2.29. The van der Waals surface area contributed by atoms with Gasteiger partial charge < -0.3 is 10.6 Å². The average molecular weight is 337 g/mol. The molecule has 6 heteroatoms. The Morgan fingerprint density at radius 1 is 1.26 bits per heavy atom. The zero-order chi connectivity index (χ0) is 16.2. The van der Waals surface area contributed by atoms with Gasteiger partial charge in [-0.05, 0) is 38.1 Å². The minimum absolute atomic E-state index is 0.0847. The van der Waals surface area contributed by atoms with Gasteiger partial charge in [-0.1, -0.05) is 6.92 Å². The predicted molar refractivity (Wildman–Crippen MR) is 93.8 cm³/mol. The van der Waals surface area contributed by atoms with Crippen molar-refractivity contribution in [3.05, 3.63) is 16.1 Å². The topological polar surface area (TPSA) is 62.5 Å². The lowest BCUT2D eigenvalue weighted by Gasteiger charge is -2.41. The predicted octanol–water partition coefficient (Wildman–Crippen LogP) is 1.98. The van der Waals surface area contributed by atoms with E-state index in [1.54, 1.807) is 11.3 Å². The number of hydrogen-bond donors (Lipinski definition) is 1. The van der Waals surface area contributed by atoms with E-state index in [9.17, 15) is 4.79 Å². The summed E-state index contributed by atoms with van der Waals surface area (Å²) in [5.41, 5.74) is 6.14. The zero-order valence-corrected chi connectivity index (χ0v) is 14.9. The van der Waals surface area contributed by atoms with Gasteiger partial charge in [0.25, 0.3) is 5.91 Å². The fraction of sp³-hybridized carbons (Fsp3) is 0.765. The molecule has 128 valence electrons. The molecule has 2 aliphatic rings. The van der Waals surface area contributed by atoms with E-state index < -0.39 is 0 Å². The Kier molecular flexibility index (Phi) is 5.67. The second-order valence-corrected chi connectivity index (χ2v) is 7.85. The van der Waals surface area contributed by atoms with E-state index in [0.29, 0.717) is 12.2 Å². The number of thiazole rings is 1. The summed E-state index contributed by atoms with van der Waals surface area (Å²) in [6.07, 6.45) is 6.11. The molecule has 3 rings (SSSR count). The molecule has 1 aliphatic carbocycles. The molecular weight excluding hydrogens is 308 g/mol. The molecule has 0 atom stereocenters. The minimum atomic E-state index is 0.0847. The summed E-state index contributed by atoms with van der Waals surface area (Å²) < 4.78 is 0. The number of carbonyl (C=O) groups excluding carboxylic acids is 1. The van der Waals surface area contributed by atoms with Gasteiger partial charge in [0.05, 0.1) is 5.01 Å². The first-order valence-corrected chi connectivity index (χ1v) is 9.73. The average Bonchev–Trinajstić information content (AvgIpc) is 3.04. The van der Waals surface area contributed by atoms with Crippen molar-refractivity contribution in [3.63, 3.8) is 0 Å². The molecule has 0 spiro atoms. The number of piperazine rings is 1. The maximum Gasteiger partial charge on any atom is 0.273 e. The quantitative estimate of drug-likeness (QED) is 0.913. The zero-order valence-electron chi connectivity index (χ0n) is 14.0. The van der Waals surface area contributed by atoms with Gasteiger partial charge in [0.1, 0.15) is 5.69 Å². The van der Waals surface area contributed by atoms with E-state index in [1.807, 2.05) is 10.3 Å². The lowest BCUT2D eigenvalue weighted by molar-refractivity contribution is 0.0497. The van der Waals surface area contributed by atoms with E-state index in [1.165, 1.54) is 25.7 Å². The fourth-order valence-corrected chi connectivity index (χ4v) is 4.50. The summed E-state index contributed by atoms with van der Waals surface area (Å²) in [5, 5.41) is 2.84. The third-order valence-corrected chi connectivity index (χ3v) is 6.14. The Morgan fingerprint density at radius 3 is 2.61 bits per heavy atom. The first kappa shape index (κ1) is 16.9. The number of amides is 1. The van der Waals surface area contributed by atoms with E-state index in [-0.39, 0.29) is 5.91 Å². The molecule has 0 radical (unpaired) electrons. The van der Waals surface area contributed by atoms with Crippen LogP contribution in [-0.2, 0) is 6.42 Å². The third kappa shape index (κ3) is 4.11. The van der Waals surface area contributed by atoms with Crippen molar-refractivity contribution in [1.82, 2.24) is 14.8 Å². The van der Waals surface area contributed by atoms with Gasteiger partial charge in [-0.3, -0.25) is 9.69 Å². The Labute approximate surface area is 142 Å². The van der Waals surface area contributed by atoms with Gasteiger partial charge in [0, 0.05) is 44.0 Å². The second-order valence-electron chi connectivity index (χ2n) is 6.91. The molecule has 1 aromatic heterocycles. The highest BCUT2D eigenvalue weighted by atomic mass is 32.1. The van der Waals surface area contributed by atoms with Crippen molar-refractivity contribution in [1.29, 1.82) is 0 Å². The van der Waals surface area contributed by atoms with Crippen molar-refractivity contribution in [3.8, 4) is 0 Å². The summed E-state index contributed by atoms with van der Waals surface area (Å²) in [6, 6.07) is 0.735. The number of hydrogen-bond acceptors (Lipinski definition) is 5. The molecule has 0 aromatic carbocycles. The Hall–Kier alpha value is -0.980. The molecule has 1 saturated heterocycles. The molecule has 2 fully saturated rings. The standard InChI is InChI=1S/C17H28N4OS/c1-13-2-4-14(5-3-13)20-8-10-21(11-9-20)17(22)15-12-23-16(19-15)6-7-18/h12-14H,2-11,18H2,1H3. The number of aromatic nitrogens is 1. The third-order valence-electron chi connectivity index (χ3n) is 5.23. The molecular formula is C17H28N4OS. The molecule has 2 heterocycles. The van der Waals surface area contributed by atoms with Gasteiger partial charge in [0.2, 0.25) is 0 Å². The number of carbonyl (C=O) groups is 1. The van der Waals surface area contributed by atoms with Crippen molar-refractivity contribution in [2.45, 2.75) is 45.1 Å². The van der Waals surface area contributed by atoms with E-state index >= 15 is 0 Å². The Morgan fingerprint density at radius 2 is 1.96 bits per heavy atom. The minimum Gasteiger partial charge on any atom is -0.335 e. The molecule has 1 aromatic rings. The first-order valence-electron chi connectivity index (χ1n) is 8.85. The lowest BCUT2D eigenvalue weighted by Crippen LogP contribution is -2.52. The van der Waals surface area contributed by atoms with Crippen LogP contribution >= 0.6 is 11.3 Å². The van der Waals surface area contributed by atoms with Gasteiger partial charge in [-0.2, -0.15) is 0 Å². The van der Waals surface area contributed by atoms with Crippen LogP contribution in [0.25, 0.3) is 0 Å². The van der Waals surface area contributed by atoms with Crippen LogP contribution in [-0.4, -0.2) is 59.5 Å². The van der Waals surface area contributed by atoms with Crippen molar-refractivity contribution in [2.24, 2.45) is 11.7 Å². The Balaban J connectivity index is 1.50. The number of nitrogens with zero attached hydrogens (tertiary/aromatic N) is 3. The largest absolute Gasteiger partial charge is 0.335 e. The van der Waals surface area contributed by atoms with E-state index in [4.69, 9.17) is 5.73 Å². The van der Waals surface area contributed by atoms with Crippen LogP contribution in [0.4, 0.5) is 0 Å². The second kappa shape index (κ2) is 7.73. The van der Waals surface area contributed by atoms with E-state index in [0.717, 1.165) is 49.6 Å². The number of nitrogens with two attached hydrogens (primary N) is 1. The molecule has 0 bridgehead atoms. The van der Waals surface area contributed by atoms with Crippen molar-refractivity contribution in [2.75, 3.05) is 32.7 Å². The SMILES string of the molecule is CC1CCC(N2CCN(C(=O)c3csc(CCN)n3)CC2)CC1. The fourth-order valence-electron chi connectivity index (χ4n) is 3.71. The number of rotatable bonds is 4. The monoisotopic (exact) mass is 336 g/mol. The maximum absolute atomic E-state index is 12.6. The summed E-state index contributed by atoms with van der Waals surface area (Å²) in [7, 11) is 0. The van der Waals surface area contributed by atoms with Crippen molar-refractivity contribution < 1.29 is 4.79 Å². The van der Waals surface area contributed by atoms with Gasteiger partial charge >= 0.3 is 0 Å². The van der Waals surface area contributed by atoms with Crippen LogP contribution in [0.15, 0.2) is 5.38 Å². The summed E-state index contributed by atoms with van der Waals surface area (Å²) in [5.74, 6) is 0.975. The summed E-state index contributed by atoms with van der Waals surface area (Å²) >= 11 is 1.54. The van der Waals surface area contributed by atoms with Crippen LogP contribution in [0, 0.1) is 5.92 Å². The van der Waals surface area contributed by atoms with Gasteiger partial charge in [0.15, 0.2) is 0 Å². The van der Waals surface area contributed by atoms with Gasteiger partial charge in [-0.25, -0.2) is 4.98 Å². The molecule has 1 amide bonds. The Bertz CT molecular complexity index is 516. The molecule has 1 saturated carbocycles. The first-order chi connectivity index (χ1) is 11.2. The van der Waals surface area contributed by atoms with Crippen LogP contribution < -0.4 is 5.73 Å². The summed E-state index contributed by atoms with van der Waals surface area (Å²) in [6.45, 7) is 6.61. The van der Waals surface area contributed by atoms with E-state index in [2.05, 4.69) is 16.8 Å². The highest BCUT2D eigenvalue weighted by molar-refractivity contribution is 7.09. The summed E-state index contributed by atoms with van der Waals surface area (Å²) in [4.78, 5) is 21.5. The molecule has 1 aliphatic heterocycles. The van der Waals surface area contributed by atoms with Crippen molar-refractivity contribution >= 4 is 17.2 Å². The maximum atomic E-state index is 12.6. The molecule has 5 nitrogen and oxygen atoms in total. The molecule has 23 heavy (non-hydrogen) atoms. The highest BCUT2D eigenvalue weighted by Crippen LogP contribution is 2.27. The normalized spacial score (nSPS) is 26.4. The van der Waals surface area contributed by atoms with Crippen LogP contribution in [0.1, 0.15) is 48.1 Å². The lowest BCUT2D eigenvalue weighted by atomic mass is 9.86. The van der Waals surface area contributed by atoms with Gasteiger partial charge in [-0.15, -0.1) is 11.3 Å². The van der Waals surface area contributed by atoms with Crippen LogP contribution in [0.3, 0.4) is 0 Å².